The fraction of sp³-hybridized carbons (Fsp3) is 0.182. The van der Waals surface area contributed by atoms with Crippen molar-refractivity contribution in [2.75, 3.05) is 4.31 Å². The van der Waals surface area contributed by atoms with Crippen molar-refractivity contribution >= 4 is 27.5 Å². The number of nitrogens with zero attached hydrogens (tertiary/aromatic N) is 1. The molecule has 3 aromatic carbocycles. The van der Waals surface area contributed by atoms with Gasteiger partial charge in [0.1, 0.15) is 0 Å². The molecule has 0 aliphatic carbocycles. The first kappa shape index (κ1) is 18.1. The van der Waals surface area contributed by atoms with E-state index in [-0.39, 0.29) is 5.37 Å². The van der Waals surface area contributed by atoms with E-state index in [2.05, 4.69) is 12.1 Å². The summed E-state index contributed by atoms with van der Waals surface area (Å²) >= 11 is 1.63. The number of hydrogen-bond acceptors (Lipinski definition) is 3. The van der Waals surface area contributed by atoms with Crippen LogP contribution in [0.25, 0.3) is 0 Å². The van der Waals surface area contributed by atoms with Gasteiger partial charge in [-0.05, 0) is 49.6 Å². The Morgan fingerprint density at radius 2 is 1.56 bits per heavy atom. The van der Waals surface area contributed by atoms with Crippen LogP contribution in [0.5, 0.6) is 0 Å². The lowest BCUT2D eigenvalue weighted by molar-refractivity contribution is 0.587. The zero-order valence-corrected chi connectivity index (χ0v) is 16.7. The number of rotatable bonds is 5. The van der Waals surface area contributed by atoms with Crippen molar-refractivity contribution in [2.45, 2.75) is 34.9 Å². The summed E-state index contributed by atoms with van der Waals surface area (Å²) in [7, 11) is -3.61. The highest BCUT2D eigenvalue weighted by Gasteiger charge is 2.38. The number of benzene rings is 3. The summed E-state index contributed by atoms with van der Waals surface area (Å²) in [4.78, 5) is 1.36. The molecular weight excluding hydrogens is 374 g/mol. The Morgan fingerprint density at radius 1 is 0.889 bits per heavy atom. The minimum absolute atomic E-state index is 0.145. The molecule has 0 spiro atoms. The maximum Gasteiger partial charge on any atom is 0.265 e. The zero-order valence-electron chi connectivity index (χ0n) is 15.1. The van der Waals surface area contributed by atoms with Crippen LogP contribution < -0.4 is 4.31 Å². The molecule has 0 amide bonds. The SMILES string of the molecule is Cc1ccc(S(=O)(=O)N2c3ccccc3SC2CCc2ccccc2)cc1. The molecule has 1 heterocycles. The topological polar surface area (TPSA) is 37.4 Å². The predicted octanol–water partition coefficient (Wildman–Crippen LogP) is 5.25. The Labute approximate surface area is 165 Å². The summed E-state index contributed by atoms with van der Waals surface area (Å²) in [5.74, 6) is 0. The van der Waals surface area contributed by atoms with Gasteiger partial charge in [-0.15, -0.1) is 0 Å². The summed E-state index contributed by atoms with van der Waals surface area (Å²) in [5.41, 5.74) is 3.05. The average Bonchev–Trinajstić information content (AvgIpc) is 3.07. The van der Waals surface area contributed by atoms with Crippen LogP contribution in [0.1, 0.15) is 17.5 Å². The average molecular weight is 396 g/mol. The number of aryl methyl sites for hydroxylation is 2. The van der Waals surface area contributed by atoms with E-state index in [1.165, 1.54) is 5.56 Å². The third kappa shape index (κ3) is 3.62. The predicted molar refractivity (Wildman–Crippen MR) is 112 cm³/mol. The van der Waals surface area contributed by atoms with Crippen LogP contribution in [-0.4, -0.2) is 13.8 Å². The first-order valence-electron chi connectivity index (χ1n) is 8.96. The summed E-state index contributed by atoms with van der Waals surface area (Å²) < 4.78 is 28.5. The molecule has 0 N–H and O–H groups in total. The van der Waals surface area contributed by atoms with E-state index >= 15 is 0 Å². The van der Waals surface area contributed by atoms with Gasteiger partial charge < -0.3 is 0 Å². The smallest absolute Gasteiger partial charge is 0.252 e. The second kappa shape index (κ2) is 7.41. The number of fused-ring (bicyclic) bond motifs is 1. The molecule has 0 saturated carbocycles. The Bertz CT molecular complexity index is 1030. The van der Waals surface area contributed by atoms with Gasteiger partial charge in [0.2, 0.25) is 0 Å². The normalized spacial score (nSPS) is 16.3. The van der Waals surface area contributed by atoms with Gasteiger partial charge in [0.25, 0.3) is 10.0 Å². The molecule has 0 aromatic heterocycles. The largest absolute Gasteiger partial charge is 0.265 e. The molecule has 1 aliphatic heterocycles. The van der Waals surface area contributed by atoms with E-state index in [0.717, 1.165) is 29.0 Å². The lowest BCUT2D eigenvalue weighted by Crippen LogP contribution is -2.36. The maximum absolute atomic E-state index is 13.4. The summed E-state index contributed by atoms with van der Waals surface area (Å²) in [6.07, 6.45) is 1.60. The zero-order chi connectivity index (χ0) is 18.9. The van der Waals surface area contributed by atoms with Gasteiger partial charge in [0.15, 0.2) is 0 Å². The van der Waals surface area contributed by atoms with Crippen molar-refractivity contribution in [2.24, 2.45) is 0 Å². The lowest BCUT2D eigenvalue weighted by atomic mass is 10.1. The Balaban J connectivity index is 1.68. The number of para-hydroxylation sites is 1. The number of anilines is 1. The van der Waals surface area contributed by atoms with Crippen LogP contribution in [0, 0.1) is 6.92 Å². The molecule has 5 heteroatoms. The third-order valence-corrected chi connectivity index (χ3v) is 8.02. The fourth-order valence-electron chi connectivity index (χ4n) is 3.31. The Morgan fingerprint density at radius 3 is 2.30 bits per heavy atom. The molecule has 3 nitrogen and oxygen atoms in total. The van der Waals surface area contributed by atoms with Crippen molar-refractivity contribution < 1.29 is 8.42 Å². The molecule has 3 aromatic rings. The molecule has 27 heavy (non-hydrogen) atoms. The van der Waals surface area contributed by atoms with Gasteiger partial charge in [-0.3, -0.25) is 4.31 Å². The van der Waals surface area contributed by atoms with Gasteiger partial charge in [-0.25, -0.2) is 8.42 Å². The molecule has 4 rings (SSSR count). The molecular formula is C22H21NO2S2. The first-order chi connectivity index (χ1) is 13.1. The van der Waals surface area contributed by atoms with Crippen molar-refractivity contribution in [3.63, 3.8) is 0 Å². The van der Waals surface area contributed by atoms with E-state index in [9.17, 15) is 8.42 Å². The van der Waals surface area contributed by atoms with E-state index in [4.69, 9.17) is 0 Å². The molecule has 0 radical (unpaired) electrons. The molecule has 138 valence electrons. The van der Waals surface area contributed by atoms with Crippen LogP contribution in [0.4, 0.5) is 5.69 Å². The highest BCUT2D eigenvalue weighted by molar-refractivity contribution is 8.02. The highest BCUT2D eigenvalue weighted by Crippen LogP contribution is 2.47. The third-order valence-electron chi connectivity index (χ3n) is 4.73. The van der Waals surface area contributed by atoms with E-state index in [0.29, 0.717) is 4.90 Å². The second-order valence-electron chi connectivity index (χ2n) is 6.68. The van der Waals surface area contributed by atoms with Gasteiger partial charge >= 0.3 is 0 Å². The number of sulfonamides is 1. The van der Waals surface area contributed by atoms with Gasteiger partial charge in [0, 0.05) is 4.90 Å². The van der Waals surface area contributed by atoms with Crippen molar-refractivity contribution in [3.05, 3.63) is 90.0 Å². The standard InChI is InChI=1S/C22H21NO2S2/c1-17-11-14-19(15-12-17)27(24,25)23-20-9-5-6-10-21(20)26-22(23)16-13-18-7-3-2-4-8-18/h2-12,14-15,22H,13,16H2,1H3. The van der Waals surface area contributed by atoms with Crippen LogP contribution in [0.3, 0.4) is 0 Å². The van der Waals surface area contributed by atoms with Crippen LogP contribution in [0.15, 0.2) is 88.7 Å². The monoisotopic (exact) mass is 395 g/mol. The molecule has 0 fully saturated rings. The molecule has 0 bridgehead atoms. The van der Waals surface area contributed by atoms with E-state index in [1.54, 1.807) is 28.2 Å². The second-order valence-corrected chi connectivity index (χ2v) is 9.71. The maximum atomic E-state index is 13.4. The minimum Gasteiger partial charge on any atom is -0.252 e. The molecule has 1 aliphatic rings. The van der Waals surface area contributed by atoms with E-state index in [1.807, 2.05) is 61.5 Å². The summed E-state index contributed by atoms with van der Waals surface area (Å²) in [5, 5.41) is -0.145. The number of thioether (sulfide) groups is 1. The van der Waals surface area contributed by atoms with Crippen molar-refractivity contribution in [1.29, 1.82) is 0 Å². The molecule has 1 unspecified atom stereocenters. The lowest BCUT2D eigenvalue weighted by Gasteiger charge is -2.26. The van der Waals surface area contributed by atoms with Gasteiger partial charge in [-0.2, -0.15) is 0 Å². The van der Waals surface area contributed by atoms with Gasteiger partial charge in [0.05, 0.1) is 16.0 Å². The summed E-state index contributed by atoms with van der Waals surface area (Å²) in [6.45, 7) is 1.96. The van der Waals surface area contributed by atoms with Crippen molar-refractivity contribution in [3.8, 4) is 0 Å². The quantitative estimate of drug-likeness (QED) is 0.592. The highest BCUT2D eigenvalue weighted by atomic mass is 32.2. The fourth-order valence-corrected chi connectivity index (χ4v) is 6.56. The number of hydrogen-bond donors (Lipinski definition) is 0. The Hall–Kier alpha value is -2.24. The van der Waals surface area contributed by atoms with E-state index < -0.39 is 10.0 Å². The summed E-state index contributed by atoms with van der Waals surface area (Å²) in [6, 6.07) is 25.1. The van der Waals surface area contributed by atoms with Crippen LogP contribution in [-0.2, 0) is 16.4 Å². The Kier molecular flexibility index (Phi) is 4.98. The van der Waals surface area contributed by atoms with Crippen molar-refractivity contribution in [1.82, 2.24) is 0 Å². The minimum atomic E-state index is -3.61. The van der Waals surface area contributed by atoms with Crippen LogP contribution in [0.2, 0.25) is 0 Å². The van der Waals surface area contributed by atoms with Gasteiger partial charge in [-0.1, -0.05) is 71.9 Å². The molecule has 0 saturated heterocycles. The first-order valence-corrected chi connectivity index (χ1v) is 11.3. The van der Waals surface area contributed by atoms with Crippen LogP contribution >= 0.6 is 11.8 Å². The molecule has 1 atom stereocenters.